The van der Waals surface area contributed by atoms with Gasteiger partial charge in [0, 0.05) is 22.2 Å². The lowest BCUT2D eigenvalue weighted by Gasteiger charge is -2.29. The first-order chi connectivity index (χ1) is 24.5. The molecule has 0 unspecified atom stereocenters. The van der Waals surface area contributed by atoms with Crippen LogP contribution in [-0.2, 0) is 5.41 Å². The molecule has 0 N–H and O–H groups in total. The van der Waals surface area contributed by atoms with Crippen molar-refractivity contribution in [1.82, 2.24) is 0 Å². The van der Waals surface area contributed by atoms with E-state index >= 15 is 0 Å². The maximum absolute atomic E-state index is 2.47. The van der Waals surface area contributed by atoms with Crippen LogP contribution in [0.25, 0.3) is 65.3 Å². The number of rotatable bonds is 4. The number of nitrogens with zero attached hydrogens (tertiary/aromatic N) is 1. The van der Waals surface area contributed by atoms with Crippen molar-refractivity contribution in [1.29, 1.82) is 0 Å². The molecular weight excluding hydrogens is 603 g/mol. The van der Waals surface area contributed by atoms with Gasteiger partial charge in [0.1, 0.15) is 0 Å². The Morgan fingerprint density at radius 2 is 0.980 bits per heavy atom. The maximum Gasteiger partial charge on any atom is 0.0546 e. The fourth-order valence-corrected chi connectivity index (χ4v) is 8.49. The molecule has 1 aliphatic rings. The SMILES string of the molecule is CC1(C)c2ccccc2-c2cc(N(c3ccc(-c4ccc5ccccc5c4)cc3)c3cc4ccc5ccccc5c4c4ccccc34)ccc21. The van der Waals surface area contributed by atoms with E-state index in [2.05, 4.69) is 195 Å². The highest BCUT2D eigenvalue weighted by atomic mass is 15.1. The predicted molar refractivity (Wildman–Crippen MR) is 214 cm³/mol. The van der Waals surface area contributed by atoms with Gasteiger partial charge in [-0.2, -0.15) is 0 Å². The Kier molecular flexibility index (Phi) is 6.29. The molecule has 0 aromatic heterocycles. The fourth-order valence-electron chi connectivity index (χ4n) is 8.49. The van der Waals surface area contributed by atoms with E-state index in [9.17, 15) is 0 Å². The number of hydrogen-bond acceptors (Lipinski definition) is 1. The lowest BCUT2D eigenvalue weighted by atomic mass is 9.82. The number of anilines is 3. The van der Waals surface area contributed by atoms with Gasteiger partial charge in [-0.25, -0.2) is 0 Å². The summed E-state index contributed by atoms with van der Waals surface area (Å²) in [5, 5.41) is 10.1. The summed E-state index contributed by atoms with van der Waals surface area (Å²) in [4.78, 5) is 2.47. The molecule has 50 heavy (non-hydrogen) atoms. The van der Waals surface area contributed by atoms with Gasteiger partial charge in [-0.15, -0.1) is 0 Å². The molecule has 0 atom stereocenters. The Morgan fingerprint density at radius 3 is 1.82 bits per heavy atom. The summed E-state index contributed by atoms with van der Waals surface area (Å²) in [6.07, 6.45) is 0. The molecular formula is C49H35N. The van der Waals surface area contributed by atoms with Crippen LogP contribution < -0.4 is 4.90 Å². The first-order valence-corrected chi connectivity index (χ1v) is 17.5. The van der Waals surface area contributed by atoms with Crippen molar-refractivity contribution in [2.24, 2.45) is 0 Å². The normalized spacial score (nSPS) is 13.2. The number of fused-ring (bicyclic) bond motifs is 9. The smallest absolute Gasteiger partial charge is 0.0546 e. The first kappa shape index (κ1) is 28.8. The van der Waals surface area contributed by atoms with Gasteiger partial charge in [0.2, 0.25) is 0 Å². The Balaban J connectivity index is 1.21. The second-order valence-electron chi connectivity index (χ2n) is 14.2. The Morgan fingerprint density at radius 1 is 0.380 bits per heavy atom. The zero-order valence-corrected chi connectivity index (χ0v) is 28.2. The highest BCUT2D eigenvalue weighted by Crippen LogP contribution is 2.51. The molecule has 236 valence electrons. The van der Waals surface area contributed by atoms with Gasteiger partial charge in [0.25, 0.3) is 0 Å². The Bertz CT molecular complexity index is 2790. The van der Waals surface area contributed by atoms with Gasteiger partial charge in [-0.05, 0) is 107 Å². The topological polar surface area (TPSA) is 3.24 Å². The zero-order valence-electron chi connectivity index (χ0n) is 28.2. The van der Waals surface area contributed by atoms with Crippen molar-refractivity contribution in [3.8, 4) is 22.3 Å². The van der Waals surface area contributed by atoms with Crippen molar-refractivity contribution >= 4 is 60.2 Å². The van der Waals surface area contributed by atoms with Crippen LogP contribution in [0, 0.1) is 0 Å². The van der Waals surface area contributed by atoms with E-state index in [1.807, 2.05) is 0 Å². The largest absolute Gasteiger partial charge is 0.310 e. The van der Waals surface area contributed by atoms with Gasteiger partial charge in [-0.1, -0.05) is 153 Å². The van der Waals surface area contributed by atoms with Gasteiger partial charge in [-0.3, -0.25) is 0 Å². The van der Waals surface area contributed by atoms with E-state index < -0.39 is 0 Å². The summed E-state index contributed by atoms with van der Waals surface area (Å²) in [6.45, 7) is 4.70. The molecule has 9 aromatic rings. The predicted octanol–water partition coefficient (Wildman–Crippen LogP) is 13.7. The maximum atomic E-state index is 2.47. The van der Waals surface area contributed by atoms with Gasteiger partial charge in [0.15, 0.2) is 0 Å². The summed E-state index contributed by atoms with van der Waals surface area (Å²) in [6, 6.07) is 65.1. The van der Waals surface area contributed by atoms with E-state index in [0.717, 1.165) is 11.4 Å². The Labute approximate surface area is 292 Å². The monoisotopic (exact) mass is 637 g/mol. The fraction of sp³-hybridized carbons (Fsp3) is 0.0612. The molecule has 9 aromatic carbocycles. The summed E-state index contributed by atoms with van der Waals surface area (Å²) >= 11 is 0. The lowest BCUT2D eigenvalue weighted by Crippen LogP contribution is -2.15. The summed E-state index contributed by atoms with van der Waals surface area (Å²) < 4.78 is 0. The van der Waals surface area contributed by atoms with Crippen molar-refractivity contribution in [3.63, 3.8) is 0 Å². The van der Waals surface area contributed by atoms with Crippen LogP contribution in [0.4, 0.5) is 17.1 Å². The highest BCUT2D eigenvalue weighted by Gasteiger charge is 2.35. The summed E-state index contributed by atoms with van der Waals surface area (Å²) in [7, 11) is 0. The third kappa shape index (κ3) is 4.33. The molecule has 0 saturated heterocycles. The van der Waals surface area contributed by atoms with Crippen LogP contribution in [-0.4, -0.2) is 0 Å². The molecule has 0 heterocycles. The van der Waals surface area contributed by atoms with Gasteiger partial charge < -0.3 is 4.90 Å². The van der Waals surface area contributed by atoms with Crippen molar-refractivity contribution in [2.75, 3.05) is 4.90 Å². The minimum absolute atomic E-state index is 0.0481. The zero-order chi connectivity index (χ0) is 33.4. The Hall–Kier alpha value is -6.18. The van der Waals surface area contributed by atoms with E-state index in [0.29, 0.717) is 0 Å². The standard InChI is InChI=1S/C49H35N/c1-49(2)45-18-10-9-15-41(45)44-31-39(27-28-46(44)49)50(38-25-23-33(24-26-38)36-21-19-32-11-3-4-13-35(32)29-36)47-30-37-22-20-34-12-5-6-14-40(34)48(37)43-17-8-7-16-42(43)47/h3-31H,1-2H3. The van der Waals surface area contributed by atoms with E-state index in [1.165, 1.54) is 82.2 Å². The second-order valence-corrected chi connectivity index (χ2v) is 14.2. The van der Waals surface area contributed by atoms with Crippen molar-refractivity contribution in [2.45, 2.75) is 19.3 Å². The first-order valence-electron chi connectivity index (χ1n) is 17.5. The van der Waals surface area contributed by atoms with E-state index in [1.54, 1.807) is 0 Å². The van der Waals surface area contributed by atoms with Crippen LogP contribution in [0.2, 0.25) is 0 Å². The van der Waals surface area contributed by atoms with Gasteiger partial charge in [0.05, 0.1) is 5.69 Å². The van der Waals surface area contributed by atoms with Crippen LogP contribution >= 0.6 is 0 Å². The van der Waals surface area contributed by atoms with Crippen molar-refractivity contribution < 1.29 is 0 Å². The van der Waals surface area contributed by atoms with Crippen molar-refractivity contribution in [3.05, 3.63) is 187 Å². The van der Waals surface area contributed by atoms with E-state index in [4.69, 9.17) is 0 Å². The molecule has 1 heteroatoms. The molecule has 0 aliphatic heterocycles. The minimum atomic E-state index is -0.0481. The quantitative estimate of drug-likeness (QED) is 0.174. The second kappa shape index (κ2) is 10.9. The summed E-state index contributed by atoms with van der Waals surface area (Å²) in [5.74, 6) is 0. The highest BCUT2D eigenvalue weighted by molar-refractivity contribution is 6.23. The molecule has 1 nitrogen and oxygen atoms in total. The van der Waals surface area contributed by atoms with Crippen LogP contribution in [0.15, 0.2) is 176 Å². The molecule has 0 amide bonds. The average molecular weight is 638 g/mol. The number of hydrogen-bond donors (Lipinski definition) is 0. The van der Waals surface area contributed by atoms with E-state index in [-0.39, 0.29) is 5.41 Å². The van der Waals surface area contributed by atoms with Crippen LogP contribution in [0.1, 0.15) is 25.0 Å². The minimum Gasteiger partial charge on any atom is -0.310 e. The molecule has 0 bridgehead atoms. The third-order valence-corrected chi connectivity index (χ3v) is 11.0. The number of benzene rings is 9. The van der Waals surface area contributed by atoms with Gasteiger partial charge >= 0.3 is 0 Å². The van der Waals surface area contributed by atoms with Crippen LogP contribution in [0.5, 0.6) is 0 Å². The lowest BCUT2D eigenvalue weighted by molar-refractivity contribution is 0.660. The molecule has 1 aliphatic carbocycles. The van der Waals surface area contributed by atoms with Crippen LogP contribution in [0.3, 0.4) is 0 Å². The molecule has 0 fully saturated rings. The molecule has 10 rings (SSSR count). The molecule has 0 radical (unpaired) electrons. The third-order valence-electron chi connectivity index (χ3n) is 11.0. The molecule has 0 saturated carbocycles. The molecule has 0 spiro atoms. The summed E-state index contributed by atoms with van der Waals surface area (Å²) in [5.41, 5.74) is 11.3. The average Bonchev–Trinajstić information content (AvgIpc) is 3.40.